The number of nitrogens with zero attached hydrogens (tertiary/aromatic N) is 1. The van der Waals surface area contributed by atoms with Crippen molar-refractivity contribution in [1.82, 2.24) is 0 Å². The maximum absolute atomic E-state index is 12.9. The highest BCUT2D eigenvalue weighted by Gasteiger charge is 2.35. The van der Waals surface area contributed by atoms with E-state index in [0.29, 0.717) is 5.75 Å². The van der Waals surface area contributed by atoms with Gasteiger partial charge in [0.1, 0.15) is 11.5 Å². The van der Waals surface area contributed by atoms with Gasteiger partial charge in [0.25, 0.3) is 0 Å². The summed E-state index contributed by atoms with van der Waals surface area (Å²) in [6, 6.07) is 11.5. The largest absolute Gasteiger partial charge is 0.457 e. The van der Waals surface area contributed by atoms with Gasteiger partial charge in [-0.2, -0.15) is 18.4 Å². The van der Waals surface area contributed by atoms with Crippen molar-refractivity contribution in [2.24, 2.45) is 0 Å². The summed E-state index contributed by atoms with van der Waals surface area (Å²) in [6.07, 6.45) is -4.58. The smallest absolute Gasteiger partial charge is 0.420 e. The number of rotatable bonds is 2. The maximum atomic E-state index is 12.9. The van der Waals surface area contributed by atoms with Crippen molar-refractivity contribution in [3.8, 4) is 17.6 Å². The van der Waals surface area contributed by atoms with Crippen LogP contribution in [0.15, 0.2) is 42.5 Å². The molecule has 0 fully saturated rings. The van der Waals surface area contributed by atoms with Crippen LogP contribution in [0.4, 0.5) is 13.2 Å². The van der Waals surface area contributed by atoms with Crippen LogP contribution >= 0.6 is 22.6 Å². The molecule has 20 heavy (non-hydrogen) atoms. The summed E-state index contributed by atoms with van der Waals surface area (Å²) in [6.45, 7) is 0. The molecule has 0 atom stereocenters. The van der Waals surface area contributed by atoms with Gasteiger partial charge in [-0.15, -0.1) is 0 Å². The van der Waals surface area contributed by atoms with E-state index >= 15 is 0 Å². The number of halogens is 4. The molecule has 0 saturated heterocycles. The lowest BCUT2D eigenvalue weighted by Crippen LogP contribution is -2.07. The average Bonchev–Trinajstić information content (AvgIpc) is 2.40. The predicted molar refractivity (Wildman–Crippen MR) is 75.4 cm³/mol. The molecule has 0 heterocycles. The summed E-state index contributed by atoms with van der Waals surface area (Å²) < 4.78 is 45.0. The molecule has 0 aliphatic rings. The van der Waals surface area contributed by atoms with Gasteiger partial charge in [0.15, 0.2) is 0 Å². The average molecular weight is 389 g/mol. The van der Waals surface area contributed by atoms with E-state index in [0.717, 1.165) is 15.7 Å². The van der Waals surface area contributed by atoms with Crippen LogP contribution in [0, 0.1) is 14.9 Å². The topological polar surface area (TPSA) is 33.0 Å². The number of ether oxygens (including phenoxy) is 1. The Morgan fingerprint density at radius 1 is 1.05 bits per heavy atom. The van der Waals surface area contributed by atoms with Crippen molar-refractivity contribution in [3.05, 3.63) is 57.2 Å². The van der Waals surface area contributed by atoms with Gasteiger partial charge < -0.3 is 4.74 Å². The van der Waals surface area contributed by atoms with E-state index < -0.39 is 11.7 Å². The van der Waals surface area contributed by atoms with Gasteiger partial charge in [-0.25, -0.2) is 0 Å². The van der Waals surface area contributed by atoms with Gasteiger partial charge in [-0.1, -0.05) is 0 Å². The fourth-order valence-electron chi connectivity index (χ4n) is 1.54. The lowest BCUT2D eigenvalue weighted by molar-refractivity contribution is -0.138. The van der Waals surface area contributed by atoms with Crippen molar-refractivity contribution in [2.45, 2.75) is 6.18 Å². The van der Waals surface area contributed by atoms with Crippen LogP contribution < -0.4 is 4.74 Å². The molecule has 102 valence electrons. The molecule has 2 rings (SSSR count). The molecule has 2 nitrogen and oxygen atoms in total. The zero-order chi connectivity index (χ0) is 14.8. The molecule has 0 aromatic heterocycles. The Hall–Kier alpha value is -1.75. The molecule has 0 radical (unpaired) electrons. The van der Waals surface area contributed by atoms with E-state index in [-0.39, 0.29) is 11.3 Å². The van der Waals surface area contributed by atoms with Gasteiger partial charge in [-0.05, 0) is 65.1 Å². The minimum Gasteiger partial charge on any atom is -0.457 e. The first-order chi connectivity index (χ1) is 9.40. The number of alkyl halides is 3. The van der Waals surface area contributed by atoms with E-state index in [4.69, 9.17) is 10.00 Å². The number of hydrogen-bond acceptors (Lipinski definition) is 2. The minimum absolute atomic E-state index is 0.0627. The summed E-state index contributed by atoms with van der Waals surface area (Å²) in [5, 5.41) is 8.68. The lowest BCUT2D eigenvalue weighted by atomic mass is 10.1. The first-order valence-corrected chi connectivity index (χ1v) is 6.53. The van der Waals surface area contributed by atoms with E-state index in [9.17, 15) is 13.2 Å². The molecule has 0 N–H and O–H groups in total. The van der Waals surface area contributed by atoms with E-state index in [1.54, 1.807) is 30.3 Å². The van der Waals surface area contributed by atoms with Crippen LogP contribution in [0.5, 0.6) is 11.5 Å². The molecule has 0 amide bonds. The first-order valence-electron chi connectivity index (χ1n) is 5.45. The molecule has 2 aromatic carbocycles. The Bertz CT molecular complexity index is 660. The Morgan fingerprint density at radius 3 is 2.25 bits per heavy atom. The predicted octanol–water partition coefficient (Wildman–Crippen LogP) is 4.97. The molecule has 0 bridgehead atoms. The number of hydrogen-bond donors (Lipinski definition) is 0. The zero-order valence-electron chi connectivity index (χ0n) is 9.91. The third-order valence-corrected chi connectivity index (χ3v) is 3.17. The molecule has 0 aliphatic heterocycles. The summed E-state index contributed by atoms with van der Waals surface area (Å²) in [5.74, 6) is -0.0154. The van der Waals surface area contributed by atoms with E-state index in [2.05, 4.69) is 22.6 Å². The quantitative estimate of drug-likeness (QED) is 0.680. The standard InChI is InChI=1S/C14H7F3INO/c15-14(16,17)12-7-9(8-19)1-6-13(12)20-11-4-2-10(18)3-5-11/h1-7H. The molecule has 0 aliphatic carbocycles. The van der Waals surface area contributed by atoms with Gasteiger partial charge >= 0.3 is 6.18 Å². The summed E-state index contributed by atoms with van der Waals surface area (Å²) in [4.78, 5) is 0. The molecule has 6 heteroatoms. The molecule has 0 saturated carbocycles. The van der Waals surface area contributed by atoms with Gasteiger partial charge in [0.2, 0.25) is 0 Å². The zero-order valence-corrected chi connectivity index (χ0v) is 12.1. The molecule has 2 aromatic rings. The van der Waals surface area contributed by atoms with E-state index in [1.807, 2.05) is 0 Å². The molecule has 0 unspecified atom stereocenters. The second kappa shape index (κ2) is 5.71. The third kappa shape index (κ3) is 3.42. The Morgan fingerprint density at radius 2 is 1.70 bits per heavy atom. The van der Waals surface area contributed by atoms with Crippen LogP contribution in [0.25, 0.3) is 0 Å². The molecule has 0 spiro atoms. The van der Waals surface area contributed by atoms with Crippen molar-refractivity contribution >= 4 is 22.6 Å². The van der Waals surface area contributed by atoms with Crippen LogP contribution in [0.1, 0.15) is 11.1 Å². The Kier molecular flexibility index (Phi) is 4.18. The van der Waals surface area contributed by atoms with Crippen molar-refractivity contribution in [1.29, 1.82) is 5.26 Å². The number of nitriles is 1. The van der Waals surface area contributed by atoms with Crippen molar-refractivity contribution in [2.75, 3.05) is 0 Å². The van der Waals surface area contributed by atoms with Gasteiger partial charge in [0, 0.05) is 3.57 Å². The van der Waals surface area contributed by atoms with Crippen LogP contribution in [-0.4, -0.2) is 0 Å². The summed E-state index contributed by atoms with van der Waals surface area (Å²) in [7, 11) is 0. The fraction of sp³-hybridized carbons (Fsp3) is 0.0714. The summed E-state index contributed by atoms with van der Waals surface area (Å²) in [5.41, 5.74) is -1.03. The molecular weight excluding hydrogens is 382 g/mol. The highest BCUT2D eigenvalue weighted by atomic mass is 127. The Balaban J connectivity index is 2.41. The van der Waals surface area contributed by atoms with Crippen molar-refractivity contribution < 1.29 is 17.9 Å². The van der Waals surface area contributed by atoms with Crippen molar-refractivity contribution in [3.63, 3.8) is 0 Å². The first kappa shape index (κ1) is 14.7. The number of benzene rings is 2. The highest BCUT2D eigenvalue weighted by Crippen LogP contribution is 2.38. The Labute approximate surface area is 126 Å². The second-order valence-electron chi connectivity index (χ2n) is 3.88. The van der Waals surface area contributed by atoms with Crippen LogP contribution in [0.3, 0.4) is 0 Å². The highest BCUT2D eigenvalue weighted by molar-refractivity contribution is 14.1. The van der Waals surface area contributed by atoms with Gasteiger partial charge in [0.05, 0.1) is 17.2 Å². The van der Waals surface area contributed by atoms with E-state index in [1.165, 1.54) is 6.07 Å². The third-order valence-electron chi connectivity index (χ3n) is 2.46. The summed E-state index contributed by atoms with van der Waals surface area (Å²) >= 11 is 2.08. The normalized spacial score (nSPS) is 10.9. The van der Waals surface area contributed by atoms with Crippen LogP contribution in [-0.2, 0) is 6.18 Å². The fourth-order valence-corrected chi connectivity index (χ4v) is 1.90. The lowest BCUT2D eigenvalue weighted by Gasteiger charge is -2.14. The van der Waals surface area contributed by atoms with Crippen LogP contribution in [0.2, 0.25) is 0 Å². The second-order valence-corrected chi connectivity index (χ2v) is 5.12. The molecular formula is C14H7F3INO. The SMILES string of the molecule is N#Cc1ccc(Oc2ccc(I)cc2)c(C(F)(F)F)c1. The monoisotopic (exact) mass is 389 g/mol. The minimum atomic E-state index is -4.58. The van der Waals surface area contributed by atoms with Gasteiger partial charge in [-0.3, -0.25) is 0 Å². The maximum Gasteiger partial charge on any atom is 0.420 e.